The largest absolute Gasteiger partial charge is 0.372 e. The monoisotopic (exact) mass is 228 g/mol. The van der Waals surface area contributed by atoms with Crippen LogP contribution in [0.5, 0.6) is 0 Å². The van der Waals surface area contributed by atoms with Gasteiger partial charge in [-0.25, -0.2) is 0 Å². The molecule has 2 nitrogen and oxygen atoms in total. The zero-order valence-electron chi connectivity index (χ0n) is 10.7. The van der Waals surface area contributed by atoms with E-state index < -0.39 is 0 Å². The molecular weight excluding hydrogens is 208 g/mol. The molecule has 1 aromatic carbocycles. The summed E-state index contributed by atoms with van der Waals surface area (Å²) in [5, 5.41) is 8.78. The molecule has 1 aromatic rings. The summed E-state index contributed by atoms with van der Waals surface area (Å²) < 4.78 is 0. The molecule has 90 valence electrons. The molecule has 1 aliphatic rings. The van der Waals surface area contributed by atoms with Crippen molar-refractivity contribution in [3.8, 4) is 6.07 Å². The van der Waals surface area contributed by atoms with Crippen molar-refractivity contribution in [2.75, 3.05) is 11.9 Å². The van der Waals surface area contributed by atoms with Crippen LogP contribution in [0.2, 0.25) is 0 Å². The SMILES string of the molecule is CC1CCC(N(C)c2ccc(C#N)cc2)CC1. The van der Waals surface area contributed by atoms with Gasteiger partial charge in [0, 0.05) is 18.8 Å². The fourth-order valence-corrected chi connectivity index (χ4v) is 2.61. The van der Waals surface area contributed by atoms with Crippen molar-refractivity contribution in [2.24, 2.45) is 5.92 Å². The van der Waals surface area contributed by atoms with Gasteiger partial charge in [0.05, 0.1) is 11.6 Å². The fourth-order valence-electron chi connectivity index (χ4n) is 2.61. The lowest BCUT2D eigenvalue weighted by molar-refractivity contribution is 0.341. The summed E-state index contributed by atoms with van der Waals surface area (Å²) in [5.41, 5.74) is 1.96. The van der Waals surface area contributed by atoms with E-state index in [0.29, 0.717) is 6.04 Å². The number of nitrogens with zero attached hydrogens (tertiary/aromatic N) is 2. The van der Waals surface area contributed by atoms with Gasteiger partial charge in [-0.05, 0) is 55.9 Å². The van der Waals surface area contributed by atoms with Crippen LogP contribution in [0.15, 0.2) is 24.3 Å². The van der Waals surface area contributed by atoms with Crippen molar-refractivity contribution in [3.63, 3.8) is 0 Å². The average molecular weight is 228 g/mol. The summed E-state index contributed by atoms with van der Waals surface area (Å²) in [5.74, 6) is 0.889. The third kappa shape index (κ3) is 2.79. The van der Waals surface area contributed by atoms with Crippen LogP contribution < -0.4 is 4.90 Å². The zero-order valence-corrected chi connectivity index (χ0v) is 10.7. The molecule has 2 rings (SSSR count). The molecule has 0 bridgehead atoms. The topological polar surface area (TPSA) is 27.0 Å². The first kappa shape index (κ1) is 12.0. The highest BCUT2D eigenvalue weighted by Gasteiger charge is 2.21. The highest BCUT2D eigenvalue weighted by atomic mass is 15.1. The maximum atomic E-state index is 8.78. The normalized spacial score (nSPS) is 24.1. The molecule has 0 unspecified atom stereocenters. The molecule has 2 heteroatoms. The second kappa shape index (κ2) is 5.23. The molecule has 1 fully saturated rings. The molecule has 0 spiro atoms. The number of hydrogen-bond donors (Lipinski definition) is 0. The Bertz CT molecular complexity index is 394. The van der Waals surface area contributed by atoms with Gasteiger partial charge >= 0.3 is 0 Å². The Morgan fingerprint density at radius 3 is 2.24 bits per heavy atom. The van der Waals surface area contributed by atoms with Crippen LogP contribution >= 0.6 is 0 Å². The third-order valence-corrected chi connectivity index (χ3v) is 3.94. The zero-order chi connectivity index (χ0) is 12.3. The van der Waals surface area contributed by atoms with Gasteiger partial charge < -0.3 is 4.90 Å². The standard InChI is InChI=1S/C15H20N2/c1-12-3-7-14(8-4-12)17(2)15-9-5-13(11-16)6-10-15/h5-6,9-10,12,14H,3-4,7-8H2,1-2H3. The van der Waals surface area contributed by atoms with Crippen LogP contribution in [-0.4, -0.2) is 13.1 Å². The maximum absolute atomic E-state index is 8.78. The van der Waals surface area contributed by atoms with Crippen LogP contribution in [0, 0.1) is 17.2 Å². The highest BCUT2D eigenvalue weighted by molar-refractivity contribution is 5.49. The molecule has 0 amide bonds. The van der Waals surface area contributed by atoms with Crippen molar-refractivity contribution in [1.29, 1.82) is 5.26 Å². The van der Waals surface area contributed by atoms with Crippen molar-refractivity contribution < 1.29 is 0 Å². The van der Waals surface area contributed by atoms with Crippen LogP contribution in [0.3, 0.4) is 0 Å². The second-order valence-electron chi connectivity index (χ2n) is 5.18. The second-order valence-corrected chi connectivity index (χ2v) is 5.18. The minimum absolute atomic E-state index is 0.666. The molecule has 0 heterocycles. The number of hydrogen-bond acceptors (Lipinski definition) is 2. The number of anilines is 1. The Kier molecular flexibility index (Phi) is 3.68. The van der Waals surface area contributed by atoms with Gasteiger partial charge in [-0.3, -0.25) is 0 Å². The Labute approximate surface area is 104 Å². The Morgan fingerprint density at radius 2 is 1.71 bits per heavy atom. The molecular formula is C15H20N2. The quantitative estimate of drug-likeness (QED) is 0.773. The van der Waals surface area contributed by atoms with Crippen molar-refractivity contribution >= 4 is 5.69 Å². The van der Waals surface area contributed by atoms with Crippen LogP contribution in [0.1, 0.15) is 38.2 Å². The maximum Gasteiger partial charge on any atom is 0.0991 e. The molecule has 17 heavy (non-hydrogen) atoms. The summed E-state index contributed by atoms with van der Waals surface area (Å²) >= 11 is 0. The van der Waals surface area contributed by atoms with Crippen molar-refractivity contribution in [1.82, 2.24) is 0 Å². The van der Waals surface area contributed by atoms with E-state index in [-0.39, 0.29) is 0 Å². The summed E-state index contributed by atoms with van der Waals surface area (Å²) in [6.45, 7) is 2.35. The van der Waals surface area contributed by atoms with Crippen LogP contribution in [0.4, 0.5) is 5.69 Å². The van der Waals surface area contributed by atoms with Crippen LogP contribution in [-0.2, 0) is 0 Å². The van der Waals surface area contributed by atoms with E-state index >= 15 is 0 Å². The van der Waals surface area contributed by atoms with E-state index in [1.807, 2.05) is 12.1 Å². The molecule has 0 aliphatic heterocycles. The smallest absolute Gasteiger partial charge is 0.0991 e. The molecule has 1 aliphatic carbocycles. The lowest BCUT2D eigenvalue weighted by Crippen LogP contribution is -2.34. The average Bonchev–Trinajstić information content (AvgIpc) is 2.39. The Morgan fingerprint density at radius 1 is 1.12 bits per heavy atom. The van der Waals surface area contributed by atoms with E-state index in [4.69, 9.17) is 5.26 Å². The molecule has 1 saturated carbocycles. The summed E-state index contributed by atoms with van der Waals surface area (Å²) in [6.07, 6.45) is 5.26. The van der Waals surface area contributed by atoms with Crippen molar-refractivity contribution in [3.05, 3.63) is 29.8 Å². The highest BCUT2D eigenvalue weighted by Crippen LogP contribution is 2.29. The first-order chi connectivity index (χ1) is 8.20. The fraction of sp³-hybridized carbons (Fsp3) is 0.533. The first-order valence-electron chi connectivity index (χ1n) is 6.43. The van der Waals surface area contributed by atoms with E-state index in [1.165, 1.54) is 31.4 Å². The number of rotatable bonds is 2. The Balaban J connectivity index is 2.03. The molecule has 0 N–H and O–H groups in total. The lowest BCUT2D eigenvalue weighted by Gasteiger charge is -2.35. The molecule has 0 atom stereocenters. The van der Waals surface area contributed by atoms with E-state index in [1.54, 1.807) is 0 Å². The van der Waals surface area contributed by atoms with Gasteiger partial charge in [-0.15, -0.1) is 0 Å². The molecule has 0 aromatic heterocycles. The van der Waals surface area contributed by atoms with Gasteiger partial charge in [0.1, 0.15) is 0 Å². The van der Waals surface area contributed by atoms with Gasteiger partial charge in [-0.2, -0.15) is 5.26 Å². The van der Waals surface area contributed by atoms with E-state index in [2.05, 4.69) is 37.1 Å². The first-order valence-corrected chi connectivity index (χ1v) is 6.43. The van der Waals surface area contributed by atoms with E-state index in [0.717, 1.165) is 11.5 Å². The number of benzene rings is 1. The summed E-state index contributed by atoms with van der Waals surface area (Å²) in [7, 11) is 2.17. The van der Waals surface area contributed by atoms with Gasteiger partial charge in [0.15, 0.2) is 0 Å². The minimum atomic E-state index is 0.666. The predicted molar refractivity (Wildman–Crippen MR) is 71.0 cm³/mol. The Hall–Kier alpha value is -1.49. The van der Waals surface area contributed by atoms with Gasteiger partial charge in [-0.1, -0.05) is 6.92 Å². The van der Waals surface area contributed by atoms with Crippen LogP contribution in [0.25, 0.3) is 0 Å². The van der Waals surface area contributed by atoms with Crippen molar-refractivity contribution in [2.45, 2.75) is 38.6 Å². The molecule has 0 saturated heterocycles. The lowest BCUT2D eigenvalue weighted by atomic mass is 9.86. The molecule has 0 radical (unpaired) electrons. The minimum Gasteiger partial charge on any atom is -0.372 e. The summed E-state index contributed by atoms with van der Waals surface area (Å²) in [4.78, 5) is 2.37. The predicted octanol–water partition coefficient (Wildman–Crippen LogP) is 3.57. The third-order valence-electron chi connectivity index (χ3n) is 3.94. The van der Waals surface area contributed by atoms with Gasteiger partial charge in [0.25, 0.3) is 0 Å². The summed E-state index contributed by atoms with van der Waals surface area (Å²) in [6, 6.07) is 10.7. The van der Waals surface area contributed by atoms with E-state index in [9.17, 15) is 0 Å². The van der Waals surface area contributed by atoms with Gasteiger partial charge in [0.2, 0.25) is 0 Å². The number of nitriles is 1.